The summed E-state index contributed by atoms with van der Waals surface area (Å²) in [4.78, 5) is 15.0. The van der Waals surface area contributed by atoms with Gasteiger partial charge in [0.05, 0.1) is 6.04 Å². The van der Waals surface area contributed by atoms with Crippen LogP contribution < -0.4 is 5.32 Å². The van der Waals surface area contributed by atoms with Crippen molar-refractivity contribution >= 4 is 5.91 Å². The fourth-order valence-electron chi connectivity index (χ4n) is 3.18. The van der Waals surface area contributed by atoms with E-state index in [1.165, 1.54) is 0 Å². The number of benzene rings is 2. The molecule has 0 aliphatic carbocycles. The number of amides is 1. The van der Waals surface area contributed by atoms with Crippen LogP contribution in [0.3, 0.4) is 0 Å². The lowest BCUT2D eigenvalue weighted by Crippen LogP contribution is -2.40. The Bertz CT molecular complexity index is 579. The molecule has 0 radical (unpaired) electrons. The van der Waals surface area contributed by atoms with Crippen LogP contribution in [0.25, 0.3) is 0 Å². The second-order valence-corrected chi connectivity index (χ2v) is 6.34. The zero-order valence-corrected chi connectivity index (χ0v) is 13.6. The zero-order valence-electron chi connectivity index (χ0n) is 13.6. The van der Waals surface area contributed by atoms with Gasteiger partial charge in [-0.15, -0.1) is 0 Å². The van der Waals surface area contributed by atoms with Crippen molar-refractivity contribution in [3.8, 4) is 0 Å². The molecule has 3 rings (SSSR count). The SMILES string of the molecule is CN1CCC(C(=O)NC(c2ccccc2)c2ccccc2)CC1. The molecule has 120 valence electrons. The fourth-order valence-corrected chi connectivity index (χ4v) is 3.18. The lowest BCUT2D eigenvalue weighted by atomic mass is 9.93. The van der Waals surface area contributed by atoms with Gasteiger partial charge in [0.25, 0.3) is 0 Å². The number of carbonyl (C=O) groups is 1. The van der Waals surface area contributed by atoms with E-state index in [1.54, 1.807) is 0 Å². The Morgan fingerprint density at radius 1 is 0.957 bits per heavy atom. The molecule has 3 heteroatoms. The summed E-state index contributed by atoms with van der Waals surface area (Å²) < 4.78 is 0. The van der Waals surface area contributed by atoms with Crippen LogP contribution in [0.15, 0.2) is 60.7 Å². The minimum absolute atomic E-state index is 0.0791. The smallest absolute Gasteiger partial charge is 0.223 e. The van der Waals surface area contributed by atoms with Crippen LogP contribution >= 0.6 is 0 Å². The molecule has 1 aliphatic heterocycles. The molecule has 3 nitrogen and oxygen atoms in total. The minimum Gasteiger partial charge on any atom is -0.345 e. The molecule has 0 bridgehead atoms. The first kappa shape index (κ1) is 15.8. The van der Waals surface area contributed by atoms with E-state index in [1.807, 2.05) is 36.4 Å². The monoisotopic (exact) mass is 308 g/mol. The van der Waals surface area contributed by atoms with Gasteiger partial charge in [-0.05, 0) is 44.1 Å². The van der Waals surface area contributed by atoms with Crippen molar-refractivity contribution in [3.63, 3.8) is 0 Å². The second-order valence-electron chi connectivity index (χ2n) is 6.34. The summed E-state index contributed by atoms with van der Waals surface area (Å²) in [6, 6.07) is 20.3. The maximum atomic E-state index is 12.7. The van der Waals surface area contributed by atoms with Crippen molar-refractivity contribution < 1.29 is 4.79 Å². The minimum atomic E-state index is -0.0791. The van der Waals surface area contributed by atoms with E-state index >= 15 is 0 Å². The number of rotatable bonds is 4. The van der Waals surface area contributed by atoms with E-state index in [4.69, 9.17) is 0 Å². The van der Waals surface area contributed by atoms with Crippen molar-refractivity contribution in [2.45, 2.75) is 18.9 Å². The number of hydrogen-bond acceptors (Lipinski definition) is 2. The maximum absolute atomic E-state index is 12.7. The van der Waals surface area contributed by atoms with Gasteiger partial charge >= 0.3 is 0 Å². The Labute approximate surface area is 138 Å². The van der Waals surface area contributed by atoms with Crippen LogP contribution in [-0.4, -0.2) is 30.9 Å². The topological polar surface area (TPSA) is 32.3 Å². The number of carbonyl (C=O) groups excluding carboxylic acids is 1. The predicted molar refractivity (Wildman–Crippen MR) is 93.1 cm³/mol. The third kappa shape index (κ3) is 3.99. The van der Waals surface area contributed by atoms with Crippen molar-refractivity contribution in [3.05, 3.63) is 71.8 Å². The van der Waals surface area contributed by atoms with E-state index < -0.39 is 0 Å². The van der Waals surface area contributed by atoms with E-state index in [9.17, 15) is 4.79 Å². The van der Waals surface area contributed by atoms with Gasteiger partial charge in [0, 0.05) is 5.92 Å². The van der Waals surface area contributed by atoms with Crippen molar-refractivity contribution in [2.24, 2.45) is 5.92 Å². The Morgan fingerprint density at radius 3 is 1.91 bits per heavy atom. The Balaban J connectivity index is 1.78. The molecule has 1 fully saturated rings. The van der Waals surface area contributed by atoms with Crippen LogP contribution in [0.1, 0.15) is 30.0 Å². The number of nitrogens with zero attached hydrogens (tertiary/aromatic N) is 1. The Hall–Kier alpha value is -2.13. The standard InChI is InChI=1S/C20H24N2O/c1-22-14-12-18(13-15-22)20(23)21-19(16-8-4-2-5-9-16)17-10-6-3-7-11-17/h2-11,18-19H,12-15H2,1H3,(H,21,23). The second kappa shape index (κ2) is 7.42. The first-order chi connectivity index (χ1) is 11.2. The molecule has 23 heavy (non-hydrogen) atoms. The summed E-state index contributed by atoms with van der Waals surface area (Å²) in [6.07, 6.45) is 1.89. The van der Waals surface area contributed by atoms with Crippen LogP contribution in [0, 0.1) is 5.92 Å². The molecule has 0 spiro atoms. The lowest BCUT2D eigenvalue weighted by molar-refractivity contribution is -0.126. The van der Waals surface area contributed by atoms with E-state index in [0.717, 1.165) is 37.1 Å². The zero-order chi connectivity index (χ0) is 16.1. The number of nitrogens with one attached hydrogen (secondary N) is 1. The van der Waals surface area contributed by atoms with Crippen LogP contribution in [0.5, 0.6) is 0 Å². The summed E-state index contributed by atoms with van der Waals surface area (Å²) in [5.41, 5.74) is 2.25. The van der Waals surface area contributed by atoms with E-state index in [0.29, 0.717) is 0 Å². The van der Waals surface area contributed by atoms with Gasteiger partial charge in [-0.1, -0.05) is 60.7 Å². The van der Waals surface area contributed by atoms with Crippen molar-refractivity contribution in [2.75, 3.05) is 20.1 Å². The highest BCUT2D eigenvalue weighted by Crippen LogP contribution is 2.24. The maximum Gasteiger partial charge on any atom is 0.223 e. The quantitative estimate of drug-likeness (QED) is 0.940. The average Bonchev–Trinajstić information content (AvgIpc) is 2.61. The Morgan fingerprint density at radius 2 is 1.43 bits per heavy atom. The first-order valence-electron chi connectivity index (χ1n) is 8.33. The molecule has 1 N–H and O–H groups in total. The number of piperidine rings is 1. The molecule has 1 aliphatic rings. The van der Waals surface area contributed by atoms with Gasteiger partial charge in [0.15, 0.2) is 0 Å². The molecular weight excluding hydrogens is 284 g/mol. The first-order valence-corrected chi connectivity index (χ1v) is 8.33. The van der Waals surface area contributed by atoms with Crippen LogP contribution in [-0.2, 0) is 4.79 Å². The average molecular weight is 308 g/mol. The highest BCUT2D eigenvalue weighted by molar-refractivity contribution is 5.79. The third-order valence-corrected chi connectivity index (χ3v) is 4.64. The highest BCUT2D eigenvalue weighted by Gasteiger charge is 2.26. The Kier molecular flexibility index (Phi) is 5.09. The van der Waals surface area contributed by atoms with Gasteiger partial charge in [-0.3, -0.25) is 4.79 Å². The normalized spacial score (nSPS) is 16.4. The molecule has 0 saturated carbocycles. The summed E-state index contributed by atoms with van der Waals surface area (Å²) in [5.74, 6) is 0.303. The summed E-state index contributed by atoms with van der Waals surface area (Å²) >= 11 is 0. The summed E-state index contributed by atoms with van der Waals surface area (Å²) in [6.45, 7) is 2.00. The molecule has 1 saturated heterocycles. The molecule has 2 aromatic rings. The molecule has 0 unspecified atom stereocenters. The number of likely N-dealkylation sites (tertiary alicyclic amines) is 1. The molecule has 0 aromatic heterocycles. The molecular formula is C20H24N2O. The van der Waals surface area contributed by atoms with Crippen LogP contribution in [0.4, 0.5) is 0 Å². The van der Waals surface area contributed by atoms with Gasteiger partial charge in [-0.25, -0.2) is 0 Å². The highest BCUT2D eigenvalue weighted by atomic mass is 16.1. The number of hydrogen-bond donors (Lipinski definition) is 1. The van der Waals surface area contributed by atoms with Crippen molar-refractivity contribution in [1.29, 1.82) is 0 Å². The van der Waals surface area contributed by atoms with Gasteiger partial charge < -0.3 is 10.2 Å². The molecule has 2 aromatic carbocycles. The van der Waals surface area contributed by atoms with E-state index in [-0.39, 0.29) is 17.9 Å². The van der Waals surface area contributed by atoms with Gasteiger partial charge in [0.1, 0.15) is 0 Å². The summed E-state index contributed by atoms with van der Waals surface area (Å²) in [5, 5.41) is 3.28. The predicted octanol–water partition coefficient (Wildman–Crippen LogP) is 3.23. The van der Waals surface area contributed by atoms with Crippen LogP contribution in [0.2, 0.25) is 0 Å². The molecule has 0 atom stereocenters. The fraction of sp³-hybridized carbons (Fsp3) is 0.350. The lowest BCUT2D eigenvalue weighted by Gasteiger charge is -2.30. The largest absolute Gasteiger partial charge is 0.345 e. The molecule has 1 heterocycles. The summed E-state index contributed by atoms with van der Waals surface area (Å²) in [7, 11) is 2.12. The third-order valence-electron chi connectivity index (χ3n) is 4.64. The van der Waals surface area contributed by atoms with Crippen molar-refractivity contribution in [1.82, 2.24) is 10.2 Å². The molecule has 1 amide bonds. The van der Waals surface area contributed by atoms with Gasteiger partial charge in [-0.2, -0.15) is 0 Å². The van der Waals surface area contributed by atoms with E-state index in [2.05, 4.69) is 41.5 Å². The van der Waals surface area contributed by atoms with Gasteiger partial charge in [0.2, 0.25) is 5.91 Å².